The van der Waals surface area contributed by atoms with Crippen LogP contribution in [0.5, 0.6) is 0 Å². The topological polar surface area (TPSA) is 70.5 Å². The van der Waals surface area contributed by atoms with E-state index < -0.39 is 11.9 Å². The van der Waals surface area contributed by atoms with E-state index in [0.29, 0.717) is 35.1 Å². The summed E-state index contributed by atoms with van der Waals surface area (Å²) in [6.45, 7) is 0.872. The Bertz CT molecular complexity index is 809. The minimum Gasteiger partial charge on any atom is -0.481 e. The smallest absolute Gasteiger partial charge is 0.308 e. The number of hydrogen-bond acceptors (Lipinski definition) is 4. The van der Waals surface area contributed by atoms with Gasteiger partial charge in [0.15, 0.2) is 0 Å². The van der Waals surface area contributed by atoms with E-state index in [1.54, 1.807) is 23.1 Å². The lowest BCUT2D eigenvalue weighted by Crippen LogP contribution is -2.43. The third kappa shape index (κ3) is 4.32. The summed E-state index contributed by atoms with van der Waals surface area (Å²) in [5, 5.41) is 12.8. The van der Waals surface area contributed by atoms with Gasteiger partial charge in [-0.15, -0.1) is 11.3 Å². The van der Waals surface area contributed by atoms with Crippen LogP contribution < -0.4 is 0 Å². The fraction of sp³-hybridized carbons (Fsp3) is 0.353. The number of hydrogen-bond donors (Lipinski definition) is 1. The number of amides is 1. The Morgan fingerprint density at radius 3 is 2.88 bits per heavy atom. The molecule has 0 saturated carbocycles. The molecule has 0 aliphatic carbocycles. The van der Waals surface area contributed by atoms with Crippen molar-refractivity contribution >= 4 is 46.4 Å². The lowest BCUT2D eigenvalue weighted by atomic mass is 9.98. The highest BCUT2D eigenvalue weighted by Crippen LogP contribution is 2.32. The quantitative estimate of drug-likeness (QED) is 0.844. The van der Waals surface area contributed by atoms with Crippen LogP contribution in [0.1, 0.15) is 18.5 Å². The maximum Gasteiger partial charge on any atom is 0.308 e. The van der Waals surface area contributed by atoms with E-state index in [1.165, 1.54) is 11.3 Å². The summed E-state index contributed by atoms with van der Waals surface area (Å²) in [7, 11) is 0. The van der Waals surface area contributed by atoms with Crippen molar-refractivity contribution in [1.29, 1.82) is 0 Å². The molecule has 1 fully saturated rings. The third-order valence-corrected chi connectivity index (χ3v) is 5.64. The van der Waals surface area contributed by atoms with Crippen molar-refractivity contribution in [2.24, 2.45) is 5.92 Å². The Morgan fingerprint density at radius 2 is 2.16 bits per heavy atom. The number of carbonyl (C=O) groups excluding carboxylic acids is 1. The molecule has 2 heterocycles. The molecule has 1 atom stereocenters. The molecule has 0 unspecified atom stereocenters. The van der Waals surface area contributed by atoms with Gasteiger partial charge in [-0.25, -0.2) is 4.98 Å². The molecule has 8 heteroatoms. The number of rotatable bonds is 4. The van der Waals surface area contributed by atoms with Crippen molar-refractivity contribution in [3.05, 3.63) is 39.3 Å². The molecule has 0 radical (unpaired) electrons. The zero-order chi connectivity index (χ0) is 18.0. The number of nitrogens with zero attached hydrogens (tertiary/aromatic N) is 2. The van der Waals surface area contributed by atoms with Crippen LogP contribution in [0.3, 0.4) is 0 Å². The predicted molar refractivity (Wildman–Crippen MR) is 98.2 cm³/mol. The number of aliphatic carboxylic acids is 1. The van der Waals surface area contributed by atoms with Crippen molar-refractivity contribution in [2.45, 2.75) is 19.3 Å². The van der Waals surface area contributed by atoms with Crippen LogP contribution in [0.2, 0.25) is 10.0 Å². The maximum absolute atomic E-state index is 12.4. The van der Waals surface area contributed by atoms with Crippen LogP contribution in [0.15, 0.2) is 23.6 Å². The summed E-state index contributed by atoms with van der Waals surface area (Å²) in [6, 6.07) is 5.20. The molecule has 132 valence electrons. The minimum atomic E-state index is -0.842. The van der Waals surface area contributed by atoms with E-state index in [1.807, 2.05) is 5.38 Å². The SMILES string of the molecule is O=C(O)[C@H]1CCCN(C(=O)Cc2csc(-c3ccc(Cl)cc3Cl)n2)C1. The number of benzene rings is 1. The van der Waals surface area contributed by atoms with Gasteiger partial charge in [-0.2, -0.15) is 0 Å². The second kappa shape index (κ2) is 7.72. The summed E-state index contributed by atoms with van der Waals surface area (Å²) in [4.78, 5) is 29.7. The number of likely N-dealkylation sites (tertiary alicyclic amines) is 1. The van der Waals surface area contributed by atoms with Crippen LogP contribution >= 0.6 is 34.5 Å². The first-order chi connectivity index (χ1) is 11.9. The highest BCUT2D eigenvalue weighted by atomic mass is 35.5. The van der Waals surface area contributed by atoms with Crippen LogP contribution in [0.25, 0.3) is 10.6 Å². The van der Waals surface area contributed by atoms with E-state index in [2.05, 4.69) is 4.98 Å². The molecular weight excluding hydrogens is 383 g/mol. The Morgan fingerprint density at radius 1 is 1.36 bits per heavy atom. The van der Waals surface area contributed by atoms with Gasteiger partial charge in [0.25, 0.3) is 0 Å². The average Bonchev–Trinajstić information content (AvgIpc) is 3.03. The fourth-order valence-electron chi connectivity index (χ4n) is 2.85. The number of aromatic nitrogens is 1. The highest BCUT2D eigenvalue weighted by molar-refractivity contribution is 7.13. The van der Waals surface area contributed by atoms with Gasteiger partial charge in [-0.1, -0.05) is 23.2 Å². The Hall–Kier alpha value is -1.63. The van der Waals surface area contributed by atoms with Gasteiger partial charge in [0.2, 0.25) is 5.91 Å². The van der Waals surface area contributed by atoms with Crippen molar-refractivity contribution in [3.8, 4) is 10.6 Å². The van der Waals surface area contributed by atoms with Gasteiger partial charge < -0.3 is 10.0 Å². The van der Waals surface area contributed by atoms with Crippen LogP contribution in [-0.2, 0) is 16.0 Å². The number of carboxylic acid groups (broad SMARTS) is 1. The first kappa shape index (κ1) is 18.2. The lowest BCUT2D eigenvalue weighted by Gasteiger charge is -2.30. The Kier molecular flexibility index (Phi) is 5.61. The standard InChI is InChI=1S/C17H16Cl2N2O3S/c18-11-3-4-13(14(19)6-11)16-20-12(9-25-16)7-15(22)21-5-1-2-10(8-21)17(23)24/h3-4,6,9-10H,1-2,5,7-8H2,(H,23,24)/t10-/m0/s1. The summed E-state index contributed by atoms with van der Waals surface area (Å²) in [6.07, 6.45) is 1.49. The molecule has 3 rings (SSSR count). The van der Waals surface area contributed by atoms with Crippen LogP contribution in [0, 0.1) is 5.92 Å². The van der Waals surface area contributed by atoms with Gasteiger partial charge in [0, 0.05) is 29.1 Å². The summed E-state index contributed by atoms with van der Waals surface area (Å²) >= 11 is 13.5. The Balaban J connectivity index is 1.68. The van der Waals surface area contributed by atoms with Crippen LogP contribution in [-0.4, -0.2) is 40.0 Å². The maximum atomic E-state index is 12.4. The second-order valence-electron chi connectivity index (χ2n) is 5.96. The van der Waals surface area contributed by atoms with Gasteiger partial charge >= 0.3 is 5.97 Å². The first-order valence-electron chi connectivity index (χ1n) is 7.84. The van der Waals surface area contributed by atoms with Gasteiger partial charge in [-0.05, 0) is 31.0 Å². The number of carboxylic acids is 1. The molecule has 1 amide bonds. The van der Waals surface area contributed by atoms with Crippen LogP contribution in [0.4, 0.5) is 0 Å². The minimum absolute atomic E-state index is 0.0926. The van der Waals surface area contributed by atoms with Crippen molar-refractivity contribution in [3.63, 3.8) is 0 Å². The van der Waals surface area contributed by atoms with E-state index in [4.69, 9.17) is 28.3 Å². The molecule has 25 heavy (non-hydrogen) atoms. The average molecular weight is 399 g/mol. The number of thiazole rings is 1. The normalized spacial score (nSPS) is 17.5. The second-order valence-corrected chi connectivity index (χ2v) is 7.66. The highest BCUT2D eigenvalue weighted by Gasteiger charge is 2.28. The van der Waals surface area contributed by atoms with Crippen molar-refractivity contribution < 1.29 is 14.7 Å². The van der Waals surface area contributed by atoms with Gasteiger partial charge in [0.1, 0.15) is 5.01 Å². The largest absolute Gasteiger partial charge is 0.481 e. The third-order valence-electron chi connectivity index (χ3n) is 4.17. The number of halogens is 2. The fourth-order valence-corrected chi connectivity index (χ4v) is 4.26. The number of carbonyl (C=O) groups is 2. The molecule has 1 aromatic heterocycles. The summed E-state index contributed by atoms with van der Waals surface area (Å²) in [5.74, 6) is -1.41. The molecule has 1 aliphatic rings. The van der Waals surface area contributed by atoms with E-state index in [9.17, 15) is 9.59 Å². The van der Waals surface area contributed by atoms with Crippen molar-refractivity contribution in [2.75, 3.05) is 13.1 Å². The van der Waals surface area contributed by atoms with Gasteiger partial charge in [-0.3, -0.25) is 9.59 Å². The first-order valence-corrected chi connectivity index (χ1v) is 9.48. The van der Waals surface area contributed by atoms with Gasteiger partial charge in [0.05, 0.1) is 23.1 Å². The number of piperidine rings is 1. The van der Waals surface area contributed by atoms with E-state index >= 15 is 0 Å². The monoisotopic (exact) mass is 398 g/mol. The molecular formula is C17H16Cl2N2O3S. The molecule has 0 spiro atoms. The zero-order valence-electron chi connectivity index (χ0n) is 13.2. The predicted octanol–water partition coefficient (Wildman–Crippen LogP) is 3.98. The molecule has 1 aliphatic heterocycles. The molecule has 5 nitrogen and oxygen atoms in total. The summed E-state index contributed by atoms with van der Waals surface area (Å²) < 4.78 is 0. The summed E-state index contributed by atoms with van der Waals surface area (Å²) in [5.41, 5.74) is 1.44. The molecule has 1 N–H and O–H groups in total. The molecule has 1 aromatic carbocycles. The molecule has 0 bridgehead atoms. The zero-order valence-corrected chi connectivity index (χ0v) is 15.6. The van der Waals surface area contributed by atoms with E-state index in [0.717, 1.165) is 10.6 Å². The van der Waals surface area contributed by atoms with Crippen molar-refractivity contribution in [1.82, 2.24) is 9.88 Å². The molecule has 2 aromatic rings. The Labute approximate surface area is 159 Å². The lowest BCUT2D eigenvalue weighted by molar-refractivity contribution is -0.145. The van der Waals surface area contributed by atoms with E-state index in [-0.39, 0.29) is 18.9 Å². The molecule has 1 saturated heterocycles.